The quantitative estimate of drug-likeness (QED) is 0.617. The third kappa shape index (κ3) is 3.53. The van der Waals surface area contributed by atoms with Gasteiger partial charge in [-0.15, -0.1) is 23.2 Å². The molecule has 0 saturated carbocycles. The molecule has 0 aliphatic carbocycles. The van der Waals surface area contributed by atoms with E-state index in [9.17, 15) is 0 Å². The van der Waals surface area contributed by atoms with Gasteiger partial charge in [0.05, 0.1) is 11.5 Å². The van der Waals surface area contributed by atoms with Crippen molar-refractivity contribution in [3.05, 3.63) is 0 Å². The van der Waals surface area contributed by atoms with Crippen LogP contribution in [0.4, 0.5) is 0 Å². The molecule has 0 spiro atoms. The zero-order valence-electron chi connectivity index (χ0n) is 4.77. The molecule has 0 rings (SSSR count). The SMILES string of the molecule is CC(O)C(Cl)CCCl. The van der Waals surface area contributed by atoms with Gasteiger partial charge in [0.2, 0.25) is 0 Å². The number of hydrogen-bond acceptors (Lipinski definition) is 1. The molecule has 0 aliphatic rings. The maximum atomic E-state index is 8.76. The van der Waals surface area contributed by atoms with E-state index in [4.69, 9.17) is 28.3 Å². The van der Waals surface area contributed by atoms with Gasteiger partial charge in [-0.25, -0.2) is 0 Å². The van der Waals surface area contributed by atoms with E-state index in [1.165, 1.54) is 0 Å². The zero-order valence-corrected chi connectivity index (χ0v) is 6.28. The van der Waals surface area contributed by atoms with Gasteiger partial charge in [-0.3, -0.25) is 0 Å². The zero-order chi connectivity index (χ0) is 6.57. The first-order chi connectivity index (χ1) is 3.68. The van der Waals surface area contributed by atoms with Crippen LogP contribution in [0.3, 0.4) is 0 Å². The van der Waals surface area contributed by atoms with Gasteiger partial charge in [0.25, 0.3) is 0 Å². The van der Waals surface area contributed by atoms with Gasteiger partial charge in [0.1, 0.15) is 0 Å². The highest BCUT2D eigenvalue weighted by Gasteiger charge is 2.08. The first kappa shape index (κ1) is 8.54. The third-order valence-corrected chi connectivity index (χ3v) is 1.71. The molecule has 50 valence electrons. The minimum Gasteiger partial charge on any atom is -0.392 e. The molecule has 0 aliphatic heterocycles. The lowest BCUT2D eigenvalue weighted by molar-refractivity contribution is 0.187. The maximum Gasteiger partial charge on any atom is 0.0676 e. The van der Waals surface area contributed by atoms with Gasteiger partial charge >= 0.3 is 0 Å². The Balaban J connectivity index is 3.17. The van der Waals surface area contributed by atoms with Crippen LogP contribution in [0.25, 0.3) is 0 Å². The molecule has 0 amide bonds. The van der Waals surface area contributed by atoms with Crippen molar-refractivity contribution in [2.75, 3.05) is 5.88 Å². The number of halogens is 2. The minimum absolute atomic E-state index is 0.188. The summed E-state index contributed by atoms with van der Waals surface area (Å²) in [6.45, 7) is 1.66. The molecule has 1 nitrogen and oxygen atoms in total. The van der Waals surface area contributed by atoms with Gasteiger partial charge in [0.15, 0.2) is 0 Å². The van der Waals surface area contributed by atoms with Crippen LogP contribution in [0.1, 0.15) is 13.3 Å². The smallest absolute Gasteiger partial charge is 0.0676 e. The first-order valence-corrected chi connectivity index (χ1v) is 3.53. The fraction of sp³-hybridized carbons (Fsp3) is 1.00. The van der Waals surface area contributed by atoms with Crippen molar-refractivity contribution in [3.8, 4) is 0 Å². The van der Waals surface area contributed by atoms with Crippen molar-refractivity contribution in [2.45, 2.75) is 24.8 Å². The van der Waals surface area contributed by atoms with Gasteiger partial charge in [-0.2, -0.15) is 0 Å². The van der Waals surface area contributed by atoms with Crippen LogP contribution in [-0.4, -0.2) is 22.5 Å². The van der Waals surface area contributed by atoms with Gasteiger partial charge in [0, 0.05) is 5.88 Å². The van der Waals surface area contributed by atoms with Gasteiger partial charge in [-0.05, 0) is 13.3 Å². The molecule has 0 aromatic rings. The Morgan fingerprint density at radius 1 is 1.62 bits per heavy atom. The second-order valence-electron chi connectivity index (χ2n) is 1.73. The van der Waals surface area contributed by atoms with E-state index >= 15 is 0 Å². The lowest BCUT2D eigenvalue weighted by atomic mass is 10.2. The molecule has 2 atom stereocenters. The van der Waals surface area contributed by atoms with E-state index in [-0.39, 0.29) is 5.38 Å². The summed E-state index contributed by atoms with van der Waals surface area (Å²) in [4.78, 5) is 0. The van der Waals surface area contributed by atoms with E-state index in [1.54, 1.807) is 6.92 Å². The van der Waals surface area contributed by atoms with E-state index in [1.807, 2.05) is 0 Å². The van der Waals surface area contributed by atoms with Crippen molar-refractivity contribution in [3.63, 3.8) is 0 Å². The molecule has 0 saturated heterocycles. The fourth-order valence-electron chi connectivity index (χ4n) is 0.345. The van der Waals surface area contributed by atoms with Gasteiger partial charge in [-0.1, -0.05) is 0 Å². The normalized spacial score (nSPS) is 18.0. The Morgan fingerprint density at radius 3 is 2.25 bits per heavy atom. The third-order valence-electron chi connectivity index (χ3n) is 0.908. The number of alkyl halides is 2. The molecule has 0 fully saturated rings. The summed E-state index contributed by atoms with van der Waals surface area (Å²) in [5.41, 5.74) is 0. The van der Waals surface area contributed by atoms with Crippen molar-refractivity contribution < 1.29 is 5.11 Å². The predicted octanol–water partition coefficient (Wildman–Crippen LogP) is 1.60. The average Bonchev–Trinajstić information content (AvgIpc) is 1.67. The predicted molar refractivity (Wildman–Crippen MR) is 36.7 cm³/mol. The molecule has 0 aromatic heterocycles. The number of hydrogen-bond donors (Lipinski definition) is 1. The second kappa shape index (κ2) is 4.42. The summed E-state index contributed by atoms with van der Waals surface area (Å²) in [6.07, 6.45) is 0.219. The van der Waals surface area contributed by atoms with Crippen molar-refractivity contribution in [1.82, 2.24) is 0 Å². The van der Waals surface area contributed by atoms with Crippen LogP contribution < -0.4 is 0 Å². The van der Waals surface area contributed by atoms with Crippen LogP contribution in [0.15, 0.2) is 0 Å². The highest BCUT2D eigenvalue weighted by atomic mass is 35.5. The molecular formula is C5H10Cl2O. The Hall–Kier alpha value is 0.540. The summed E-state index contributed by atoms with van der Waals surface area (Å²) < 4.78 is 0. The standard InChI is InChI=1S/C5H10Cl2O/c1-4(8)5(7)2-3-6/h4-5,8H,2-3H2,1H3. The van der Waals surface area contributed by atoms with Crippen LogP contribution >= 0.6 is 23.2 Å². The fourth-order valence-corrected chi connectivity index (χ4v) is 0.801. The monoisotopic (exact) mass is 156 g/mol. The Bertz CT molecular complexity index is 56.4. The second-order valence-corrected chi connectivity index (χ2v) is 2.67. The van der Waals surface area contributed by atoms with Crippen LogP contribution in [0.5, 0.6) is 0 Å². The molecule has 0 bridgehead atoms. The van der Waals surface area contributed by atoms with Gasteiger partial charge < -0.3 is 5.11 Å². The van der Waals surface area contributed by atoms with Crippen molar-refractivity contribution in [1.29, 1.82) is 0 Å². The van der Waals surface area contributed by atoms with Crippen LogP contribution in [0, 0.1) is 0 Å². The summed E-state index contributed by atoms with van der Waals surface area (Å²) >= 11 is 10.9. The summed E-state index contributed by atoms with van der Waals surface area (Å²) in [5.74, 6) is 0.513. The number of aliphatic hydroxyl groups is 1. The molecule has 0 heterocycles. The number of rotatable bonds is 3. The van der Waals surface area contributed by atoms with Crippen LogP contribution in [0.2, 0.25) is 0 Å². The Morgan fingerprint density at radius 2 is 2.12 bits per heavy atom. The highest BCUT2D eigenvalue weighted by molar-refractivity contribution is 6.22. The summed E-state index contributed by atoms with van der Waals surface area (Å²) in [6, 6.07) is 0. The molecule has 1 N–H and O–H groups in total. The molecular weight excluding hydrogens is 147 g/mol. The minimum atomic E-state index is -0.449. The molecule has 0 aromatic carbocycles. The number of aliphatic hydroxyl groups excluding tert-OH is 1. The maximum absolute atomic E-state index is 8.76. The van der Waals surface area contributed by atoms with E-state index in [2.05, 4.69) is 0 Å². The first-order valence-electron chi connectivity index (χ1n) is 2.56. The van der Waals surface area contributed by atoms with Crippen molar-refractivity contribution in [2.24, 2.45) is 0 Å². The Kier molecular flexibility index (Phi) is 4.72. The van der Waals surface area contributed by atoms with E-state index in [0.717, 1.165) is 0 Å². The molecule has 2 unspecified atom stereocenters. The van der Waals surface area contributed by atoms with E-state index in [0.29, 0.717) is 12.3 Å². The Labute approximate surface area is 59.6 Å². The lowest BCUT2D eigenvalue weighted by Crippen LogP contribution is -2.16. The van der Waals surface area contributed by atoms with Crippen LogP contribution in [-0.2, 0) is 0 Å². The molecule has 8 heavy (non-hydrogen) atoms. The van der Waals surface area contributed by atoms with E-state index < -0.39 is 6.10 Å². The molecule has 0 radical (unpaired) electrons. The topological polar surface area (TPSA) is 20.2 Å². The summed E-state index contributed by atoms with van der Waals surface area (Å²) in [5, 5.41) is 8.57. The molecule has 3 heteroatoms. The summed E-state index contributed by atoms with van der Waals surface area (Å²) in [7, 11) is 0. The largest absolute Gasteiger partial charge is 0.392 e. The lowest BCUT2D eigenvalue weighted by Gasteiger charge is -2.08. The van der Waals surface area contributed by atoms with Crippen molar-refractivity contribution >= 4 is 23.2 Å². The highest BCUT2D eigenvalue weighted by Crippen LogP contribution is 2.07. The average molecular weight is 157 g/mol.